The van der Waals surface area contributed by atoms with Gasteiger partial charge in [-0.25, -0.2) is 4.39 Å². The van der Waals surface area contributed by atoms with Gasteiger partial charge in [0.2, 0.25) is 5.13 Å². The number of Topliss-reactive ketones (excluding diaryl/α,β-unsaturated/α-hetero) is 1. The van der Waals surface area contributed by atoms with Gasteiger partial charge in [-0.2, -0.15) is 0 Å². The Morgan fingerprint density at radius 1 is 1.02 bits per heavy atom. The summed E-state index contributed by atoms with van der Waals surface area (Å²) in [5.41, 5.74) is 1.13. The molecule has 46 heavy (non-hydrogen) atoms. The van der Waals surface area contributed by atoms with Crippen LogP contribution in [0.25, 0.3) is 5.76 Å². The lowest BCUT2D eigenvalue weighted by atomic mass is 9.95. The van der Waals surface area contributed by atoms with Crippen molar-refractivity contribution in [2.75, 3.05) is 31.3 Å². The lowest BCUT2D eigenvalue weighted by molar-refractivity contribution is -0.132. The van der Waals surface area contributed by atoms with Crippen LogP contribution in [0.1, 0.15) is 43.0 Å². The molecule has 0 unspecified atom stereocenters. The average Bonchev–Trinajstić information content (AvgIpc) is 3.64. The van der Waals surface area contributed by atoms with Crippen molar-refractivity contribution in [2.24, 2.45) is 0 Å². The van der Waals surface area contributed by atoms with Gasteiger partial charge in [0.25, 0.3) is 5.78 Å². The van der Waals surface area contributed by atoms with E-state index in [1.165, 1.54) is 22.7 Å². The van der Waals surface area contributed by atoms with E-state index in [2.05, 4.69) is 10.2 Å². The van der Waals surface area contributed by atoms with Crippen molar-refractivity contribution >= 4 is 45.7 Å². The fourth-order valence-corrected chi connectivity index (χ4v) is 6.95. The maximum atomic E-state index is 14.2. The zero-order chi connectivity index (χ0) is 32.2. The van der Waals surface area contributed by atoms with Crippen LogP contribution in [-0.2, 0) is 15.3 Å². The van der Waals surface area contributed by atoms with E-state index in [1.54, 1.807) is 54.6 Å². The van der Waals surface area contributed by atoms with Crippen molar-refractivity contribution < 1.29 is 38.0 Å². The average molecular weight is 664 g/mol. The molecule has 1 fully saturated rings. The fourth-order valence-electron chi connectivity index (χ4n) is 5.10. The van der Waals surface area contributed by atoms with Crippen LogP contribution >= 0.6 is 23.1 Å². The Morgan fingerprint density at radius 2 is 1.83 bits per heavy atom. The molecule has 1 aromatic heterocycles. The topological polar surface area (TPSA) is 120 Å². The SMILES string of the molecule is CCCOc1ccc([C@H]2C(=C(O)c3ccc4c(c3)OCCO4)C(=O)C(=O)N2c2nnc(SCc3ccccc3F)s2)cc1OCC. The molecule has 1 atom stereocenters. The first-order chi connectivity index (χ1) is 22.4. The highest BCUT2D eigenvalue weighted by atomic mass is 32.2. The van der Waals surface area contributed by atoms with Crippen LogP contribution in [0, 0.1) is 5.82 Å². The molecule has 2 aliphatic rings. The molecule has 0 spiro atoms. The van der Waals surface area contributed by atoms with E-state index in [-0.39, 0.29) is 27.8 Å². The minimum atomic E-state index is -1.08. The molecule has 4 aromatic rings. The third-order valence-corrected chi connectivity index (χ3v) is 9.32. The monoisotopic (exact) mass is 663 g/mol. The molecule has 238 valence electrons. The smallest absolute Gasteiger partial charge is 0.301 e. The van der Waals surface area contributed by atoms with E-state index < -0.39 is 17.7 Å². The summed E-state index contributed by atoms with van der Waals surface area (Å²) in [4.78, 5) is 28.7. The molecule has 0 aliphatic carbocycles. The van der Waals surface area contributed by atoms with Crippen LogP contribution < -0.4 is 23.8 Å². The van der Waals surface area contributed by atoms with E-state index in [9.17, 15) is 19.1 Å². The third-order valence-electron chi connectivity index (χ3n) is 7.22. The van der Waals surface area contributed by atoms with Crippen LogP contribution in [0.4, 0.5) is 9.52 Å². The van der Waals surface area contributed by atoms with Gasteiger partial charge in [0.05, 0.1) is 24.8 Å². The van der Waals surface area contributed by atoms with Crippen LogP contribution in [0.15, 0.2) is 70.6 Å². The standard InChI is InChI=1S/C33H30FN3O7S2/c1-3-13-42-23-11-9-19(16-25(23)41-4-2)28-27(29(38)20-10-12-24-26(17-20)44-15-14-43-24)30(39)31(40)37(28)32-35-36-33(46-32)45-18-21-7-5-6-8-22(21)34/h5-12,16-17,28,38H,3-4,13-15,18H2,1-2H3/t28-/m0/s1. The lowest BCUT2D eigenvalue weighted by Crippen LogP contribution is -2.29. The van der Waals surface area contributed by atoms with Gasteiger partial charge >= 0.3 is 5.91 Å². The number of aliphatic hydroxyl groups is 1. The molecule has 3 heterocycles. The molecule has 0 radical (unpaired) electrons. The Bertz CT molecular complexity index is 1810. The summed E-state index contributed by atoms with van der Waals surface area (Å²) in [5.74, 6) is -0.323. The first kappa shape index (κ1) is 31.4. The van der Waals surface area contributed by atoms with E-state index in [4.69, 9.17) is 18.9 Å². The van der Waals surface area contributed by atoms with Gasteiger partial charge in [-0.15, -0.1) is 10.2 Å². The second-order valence-electron chi connectivity index (χ2n) is 10.2. The number of aliphatic hydroxyl groups excluding tert-OH is 1. The van der Waals surface area contributed by atoms with Crippen molar-refractivity contribution in [3.05, 3.63) is 88.7 Å². The lowest BCUT2D eigenvalue weighted by Gasteiger charge is -2.24. The van der Waals surface area contributed by atoms with Crippen molar-refractivity contribution in [1.82, 2.24) is 10.2 Å². The highest BCUT2D eigenvalue weighted by Crippen LogP contribution is 2.46. The van der Waals surface area contributed by atoms with E-state index in [1.807, 2.05) is 13.8 Å². The summed E-state index contributed by atoms with van der Waals surface area (Å²) in [6, 6.07) is 15.3. The molecule has 13 heteroatoms. The number of aromatic nitrogens is 2. The summed E-state index contributed by atoms with van der Waals surface area (Å²) in [6.07, 6.45) is 0.789. The summed E-state index contributed by atoms with van der Waals surface area (Å²) in [5, 5.41) is 20.3. The minimum Gasteiger partial charge on any atom is -0.507 e. The number of hydrogen-bond donors (Lipinski definition) is 1. The van der Waals surface area contributed by atoms with E-state index in [0.717, 1.165) is 17.8 Å². The first-order valence-corrected chi connectivity index (χ1v) is 16.5. The zero-order valence-corrected chi connectivity index (χ0v) is 26.7. The number of carbonyl (C=O) groups excluding carboxylic acids is 2. The van der Waals surface area contributed by atoms with E-state index >= 15 is 0 Å². The number of fused-ring (bicyclic) bond motifs is 1. The Labute approximate surface area is 272 Å². The normalized spacial score (nSPS) is 16.9. The quantitative estimate of drug-likeness (QED) is 0.0622. The number of amides is 1. The fraction of sp³-hybridized carbons (Fsp3) is 0.273. The van der Waals surface area contributed by atoms with Gasteiger partial charge in [-0.1, -0.05) is 54.3 Å². The van der Waals surface area contributed by atoms with Gasteiger partial charge < -0.3 is 24.1 Å². The van der Waals surface area contributed by atoms with Gasteiger partial charge in [0.15, 0.2) is 27.3 Å². The second-order valence-corrected chi connectivity index (χ2v) is 12.4. The van der Waals surface area contributed by atoms with Gasteiger partial charge in [-0.3, -0.25) is 14.5 Å². The predicted molar refractivity (Wildman–Crippen MR) is 171 cm³/mol. The number of anilines is 1. The Morgan fingerprint density at radius 3 is 2.61 bits per heavy atom. The molecule has 0 saturated carbocycles. The van der Waals surface area contributed by atoms with Crippen LogP contribution in [0.3, 0.4) is 0 Å². The van der Waals surface area contributed by atoms with Crippen molar-refractivity contribution in [1.29, 1.82) is 0 Å². The number of carbonyl (C=O) groups is 2. The second kappa shape index (κ2) is 13.8. The van der Waals surface area contributed by atoms with Crippen molar-refractivity contribution in [3.8, 4) is 23.0 Å². The van der Waals surface area contributed by atoms with Gasteiger partial charge in [0.1, 0.15) is 24.8 Å². The molecule has 3 aromatic carbocycles. The molecule has 1 amide bonds. The van der Waals surface area contributed by atoms with Crippen LogP contribution in [-0.4, -0.2) is 53.4 Å². The highest BCUT2D eigenvalue weighted by molar-refractivity contribution is 8.00. The summed E-state index contributed by atoms with van der Waals surface area (Å²) < 4.78 is 37.7. The number of ketones is 1. The maximum Gasteiger partial charge on any atom is 0.301 e. The third kappa shape index (κ3) is 6.24. The molecular weight excluding hydrogens is 634 g/mol. The number of benzene rings is 3. The largest absolute Gasteiger partial charge is 0.507 e. The Kier molecular flexibility index (Phi) is 9.41. The molecular formula is C33H30FN3O7S2. The predicted octanol–water partition coefficient (Wildman–Crippen LogP) is 6.55. The summed E-state index contributed by atoms with van der Waals surface area (Å²) in [6.45, 7) is 5.38. The maximum absolute atomic E-state index is 14.2. The molecule has 2 aliphatic heterocycles. The molecule has 0 bridgehead atoms. The Hall–Kier alpha value is -4.62. The highest BCUT2D eigenvalue weighted by Gasteiger charge is 2.48. The number of halogens is 1. The van der Waals surface area contributed by atoms with Gasteiger partial charge in [0, 0.05) is 11.3 Å². The minimum absolute atomic E-state index is 0.137. The molecule has 6 rings (SSSR count). The molecule has 10 nitrogen and oxygen atoms in total. The molecule has 1 saturated heterocycles. The van der Waals surface area contributed by atoms with Gasteiger partial charge in [-0.05, 0) is 60.9 Å². The number of thioether (sulfide) groups is 1. The van der Waals surface area contributed by atoms with Crippen LogP contribution in [0.5, 0.6) is 23.0 Å². The number of hydrogen-bond acceptors (Lipinski definition) is 11. The van der Waals surface area contributed by atoms with Crippen molar-refractivity contribution in [2.45, 2.75) is 36.4 Å². The number of ether oxygens (including phenoxy) is 4. The van der Waals surface area contributed by atoms with Crippen molar-refractivity contribution in [3.63, 3.8) is 0 Å². The molecule has 1 N–H and O–H groups in total. The summed E-state index contributed by atoms with van der Waals surface area (Å²) >= 11 is 2.35. The Balaban J connectivity index is 1.43. The first-order valence-electron chi connectivity index (χ1n) is 14.7. The van der Waals surface area contributed by atoms with E-state index in [0.29, 0.717) is 70.6 Å². The summed E-state index contributed by atoms with van der Waals surface area (Å²) in [7, 11) is 0. The van der Waals surface area contributed by atoms with Crippen LogP contribution in [0.2, 0.25) is 0 Å². The number of rotatable bonds is 11. The zero-order valence-electron chi connectivity index (χ0n) is 25.0. The number of nitrogens with zero attached hydrogens (tertiary/aromatic N) is 3.